The average molecular weight is 255 g/mol. The van der Waals surface area contributed by atoms with Gasteiger partial charge in [0, 0.05) is 5.56 Å². The van der Waals surface area contributed by atoms with Crippen molar-refractivity contribution in [1.29, 1.82) is 0 Å². The fourth-order valence-corrected chi connectivity index (χ4v) is 1.97. The van der Waals surface area contributed by atoms with E-state index < -0.39 is 0 Å². The molecule has 5 heteroatoms. The molecular formula is C12H12ClFN2O. The van der Waals surface area contributed by atoms with Gasteiger partial charge in [-0.3, -0.25) is 0 Å². The van der Waals surface area contributed by atoms with Gasteiger partial charge in [-0.2, -0.15) is 5.10 Å². The Hall–Kier alpha value is -1.39. The van der Waals surface area contributed by atoms with Crippen molar-refractivity contribution in [3.05, 3.63) is 46.5 Å². The average Bonchev–Trinajstić information content (AvgIpc) is 2.66. The number of hydrogen-bond donors (Lipinski definition) is 1. The summed E-state index contributed by atoms with van der Waals surface area (Å²) in [5.74, 6) is -0.310. The Morgan fingerprint density at radius 1 is 1.35 bits per heavy atom. The molecular weight excluding hydrogens is 243 g/mol. The van der Waals surface area contributed by atoms with Gasteiger partial charge in [0.15, 0.2) is 0 Å². The van der Waals surface area contributed by atoms with Crippen molar-refractivity contribution >= 4 is 11.6 Å². The molecule has 1 heterocycles. The summed E-state index contributed by atoms with van der Waals surface area (Å²) in [6.07, 6.45) is 0.684. The van der Waals surface area contributed by atoms with E-state index in [-0.39, 0.29) is 12.4 Å². The molecule has 0 saturated carbocycles. The van der Waals surface area contributed by atoms with E-state index in [4.69, 9.17) is 11.6 Å². The van der Waals surface area contributed by atoms with E-state index in [2.05, 4.69) is 5.10 Å². The van der Waals surface area contributed by atoms with Crippen LogP contribution in [0.15, 0.2) is 24.3 Å². The smallest absolute Gasteiger partial charge is 0.138 e. The number of aryl methyl sites for hydroxylation is 1. The van der Waals surface area contributed by atoms with Crippen LogP contribution in [0.1, 0.15) is 18.2 Å². The van der Waals surface area contributed by atoms with Crippen molar-refractivity contribution < 1.29 is 9.50 Å². The molecule has 0 aliphatic heterocycles. The quantitative estimate of drug-likeness (QED) is 0.915. The van der Waals surface area contributed by atoms with Gasteiger partial charge in [-0.25, -0.2) is 9.07 Å². The number of rotatable bonds is 3. The topological polar surface area (TPSA) is 38.0 Å². The van der Waals surface area contributed by atoms with Gasteiger partial charge in [0.2, 0.25) is 0 Å². The Bertz CT molecular complexity index is 522. The van der Waals surface area contributed by atoms with Gasteiger partial charge >= 0.3 is 0 Å². The summed E-state index contributed by atoms with van der Waals surface area (Å²) in [5, 5.41) is 13.9. The SMILES string of the molecule is CCc1nn(-c2ccc(F)cc2)c(Cl)c1CO. The Kier molecular flexibility index (Phi) is 3.45. The minimum absolute atomic E-state index is 0.150. The van der Waals surface area contributed by atoms with Crippen LogP contribution in [-0.2, 0) is 13.0 Å². The molecule has 0 amide bonds. The van der Waals surface area contributed by atoms with Crippen LogP contribution in [0.4, 0.5) is 4.39 Å². The maximum atomic E-state index is 12.8. The molecule has 0 radical (unpaired) electrons. The van der Waals surface area contributed by atoms with E-state index in [1.54, 1.807) is 12.1 Å². The third kappa shape index (κ3) is 2.18. The fraction of sp³-hybridized carbons (Fsp3) is 0.250. The van der Waals surface area contributed by atoms with Crippen LogP contribution in [0.5, 0.6) is 0 Å². The van der Waals surface area contributed by atoms with E-state index in [1.165, 1.54) is 16.8 Å². The largest absolute Gasteiger partial charge is 0.391 e. The lowest BCUT2D eigenvalue weighted by atomic mass is 10.2. The second-order valence-electron chi connectivity index (χ2n) is 3.62. The zero-order valence-corrected chi connectivity index (χ0v) is 10.1. The first-order valence-corrected chi connectivity index (χ1v) is 5.68. The molecule has 2 aromatic rings. The van der Waals surface area contributed by atoms with Crippen molar-refractivity contribution in [3.8, 4) is 5.69 Å². The van der Waals surface area contributed by atoms with E-state index in [0.717, 1.165) is 5.69 Å². The van der Waals surface area contributed by atoms with Crippen molar-refractivity contribution in [2.24, 2.45) is 0 Å². The lowest BCUT2D eigenvalue weighted by Crippen LogP contribution is -1.97. The van der Waals surface area contributed by atoms with Gasteiger partial charge in [0.05, 0.1) is 18.0 Å². The van der Waals surface area contributed by atoms with Crippen molar-refractivity contribution in [3.63, 3.8) is 0 Å². The van der Waals surface area contributed by atoms with Crippen LogP contribution < -0.4 is 0 Å². The molecule has 0 aliphatic carbocycles. The molecule has 0 saturated heterocycles. The van der Waals surface area contributed by atoms with Gasteiger partial charge < -0.3 is 5.11 Å². The van der Waals surface area contributed by atoms with E-state index in [1.807, 2.05) is 6.92 Å². The van der Waals surface area contributed by atoms with Crippen LogP contribution >= 0.6 is 11.6 Å². The number of aromatic nitrogens is 2. The standard InChI is InChI=1S/C12H12ClFN2O/c1-2-11-10(7-17)12(13)16(15-11)9-5-3-8(14)4-6-9/h3-6,17H,2,7H2,1H3. The number of aliphatic hydroxyl groups excluding tert-OH is 1. The molecule has 0 unspecified atom stereocenters. The van der Waals surface area contributed by atoms with Crippen LogP contribution in [0, 0.1) is 5.82 Å². The number of aliphatic hydroxyl groups is 1. The molecule has 0 spiro atoms. The van der Waals surface area contributed by atoms with Crippen LogP contribution in [0.2, 0.25) is 5.15 Å². The zero-order chi connectivity index (χ0) is 12.4. The van der Waals surface area contributed by atoms with E-state index in [9.17, 15) is 9.50 Å². The van der Waals surface area contributed by atoms with Gasteiger partial charge in [-0.15, -0.1) is 0 Å². The molecule has 1 N–H and O–H groups in total. The first-order valence-electron chi connectivity index (χ1n) is 5.30. The van der Waals surface area contributed by atoms with Gasteiger partial charge in [-0.1, -0.05) is 18.5 Å². The molecule has 1 aromatic carbocycles. The maximum absolute atomic E-state index is 12.8. The number of benzene rings is 1. The van der Waals surface area contributed by atoms with Crippen LogP contribution in [-0.4, -0.2) is 14.9 Å². The molecule has 1 aromatic heterocycles. The van der Waals surface area contributed by atoms with Crippen LogP contribution in [0.25, 0.3) is 5.69 Å². The summed E-state index contributed by atoms with van der Waals surface area (Å²) in [6.45, 7) is 1.79. The molecule has 0 atom stereocenters. The van der Waals surface area contributed by atoms with Crippen molar-refractivity contribution in [2.75, 3.05) is 0 Å². The molecule has 0 fully saturated rings. The Labute approximate surface area is 103 Å². The Balaban J connectivity index is 2.52. The minimum atomic E-state index is -0.310. The summed E-state index contributed by atoms with van der Waals surface area (Å²) >= 11 is 6.13. The van der Waals surface area contributed by atoms with Crippen molar-refractivity contribution in [2.45, 2.75) is 20.0 Å². The predicted molar refractivity (Wildman–Crippen MR) is 63.8 cm³/mol. The third-order valence-corrected chi connectivity index (χ3v) is 2.96. The normalized spacial score (nSPS) is 10.8. The maximum Gasteiger partial charge on any atom is 0.138 e. The summed E-state index contributed by atoms with van der Waals surface area (Å²) in [4.78, 5) is 0. The lowest BCUT2D eigenvalue weighted by molar-refractivity contribution is 0.281. The van der Waals surface area contributed by atoms with Gasteiger partial charge in [0.25, 0.3) is 0 Å². The number of halogens is 2. The van der Waals surface area contributed by atoms with E-state index >= 15 is 0 Å². The van der Waals surface area contributed by atoms with Crippen LogP contribution in [0.3, 0.4) is 0 Å². The second kappa shape index (κ2) is 4.85. The van der Waals surface area contributed by atoms with Crippen molar-refractivity contribution in [1.82, 2.24) is 9.78 Å². The zero-order valence-electron chi connectivity index (χ0n) is 9.32. The molecule has 0 bridgehead atoms. The minimum Gasteiger partial charge on any atom is -0.391 e. The predicted octanol–water partition coefficient (Wildman–Crippen LogP) is 2.72. The number of hydrogen-bond acceptors (Lipinski definition) is 2. The van der Waals surface area contributed by atoms with Gasteiger partial charge in [-0.05, 0) is 30.7 Å². The summed E-state index contributed by atoms with van der Waals surface area (Å²) in [5.41, 5.74) is 2.05. The molecule has 2 rings (SSSR count). The lowest BCUT2D eigenvalue weighted by Gasteiger charge is -2.02. The first-order chi connectivity index (χ1) is 8.17. The Morgan fingerprint density at radius 2 is 2.00 bits per heavy atom. The summed E-state index contributed by atoms with van der Waals surface area (Å²) < 4.78 is 14.3. The highest BCUT2D eigenvalue weighted by Gasteiger charge is 2.15. The fourth-order valence-electron chi connectivity index (χ4n) is 1.67. The highest BCUT2D eigenvalue weighted by atomic mass is 35.5. The third-order valence-electron chi connectivity index (χ3n) is 2.57. The first kappa shape index (κ1) is 12.1. The molecule has 3 nitrogen and oxygen atoms in total. The highest BCUT2D eigenvalue weighted by Crippen LogP contribution is 2.24. The summed E-state index contributed by atoms with van der Waals surface area (Å²) in [7, 11) is 0. The second-order valence-corrected chi connectivity index (χ2v) is 3.97. The summed E-state index contributed by atoms with van der Waals surface area (Å²) in [6, 6.07) is 5.87. The van der Waals surface area contributed by atoms with Gasteiger partial charge in [0.1, 0.15) is 11.0 Å². The Morgan fingerprint density at radius 3 is 2.47 bits per heavy atom. The molecule has 17 heavy (non-hydrogen) atoms. The van der Waals surface area contributed by atoms with E-state index in [0.29, 0.717) is 22.8 Å². The highest BCUT2D eigenvalue weighted by molar-refractivity contribution is 6.30. The molecule has 0 aliphatic rings. The monoisotopic (exact) mass is 254 g/mol. The number of nitrogens with zero attached hydrogens (tertiary/aromatic N) is 2. The molecule has 90 valence electrons.